The number of allylic oxidation sites excluding steroid dienone is 2. The number of hydrogen-bond acceptors (Lipinski definition) is 1. The van der Waals surface area contributed by atoms with Gasteiger partial charge in [-0.2, -0.15) is 0 Å². The Morgan fingerprint density at radius 1 is 1.43 bits per heavy atom. The predicted molar refractivity (Wildman–Crippen MR) is 59.4 cm³/mol. The van der Waals surface area contributed by atoms with E-state index in [1.54, 1.807) is 0 Å². The van der Waals surface area contributed by atoms with Crippen LogP contribution in [-0.2, 0) is 0 Å². The van der Waals surface area contributed by atoms with E-state index in [1.807, 2.05) is 24.3 Å². The summed E-state index contributed by atoms with van der Waals surface area (Å²) in [4.78, 5) is 0. The molecule has 0 aliphatic rings. The standard InChI is InChI=1S/C13H17O/c1-2-3-4-5-9-12-14-13-10-7-6-8-11-13/h3-4,6-7,10-11H,2,5,9,12H2,1H3. The van der Waals surface area contributed by atoms with Gasteiger partial charge in [-0.3, -0.25) is 0 Å². The molecule has 1 nitrogen and oxygen atoms in total. The average molecular weight is 189 g/mol. The lowest BCUT2D eigenvalue weighted by Gasteiger charge is -2.03. The van der Waals surface area contributed by atoms with Gasteiger partial charge in [-0.25, -0.2) is 0 Å². The van der Waals surface area contributed by atoms with E-state index in [9.17, 15) is 0 Å². The van der Waals surface area contributed by atoms with Crippen molar-refractivity contribution in [3.05, 3.63) is 42.5 Å². The molecule has 1 radical (unpaired) electrons. The summed E-state index contributed by atoms with van der Waals surface area (Å²) in [6.45, 7) is 2.93. The van der Waals surface area contributed by atoms with Crippen LogP contribution in [0.15, 0.2) is 36.4 Å². The largest absolute Gasteiger partial charge is 0.494 e. The maximum atomic E-state index is 5.52. The minimum atomic E-state index is 0.784. The maximum absolute atomic E-state index is 5.52. The highest BCUT2D eigenvalue weighted by Gasteiger charge is 1.89. The quantitative estimate of drug-likeness (QED) is 0.490. The van der Waals surface area contributed by atoms with Crippen molar-refractivity contribution in [3.63, 3.8) is 0 Å². The highest BCUT2D eigenvalue weighted by molar-refractivity contribution is 5.19. The van der Waals surface area contributed by atoms with Crippen molar-refractivity contribution in [2.24, 2.45) is 0 Å². The van der Waals surface area contributed by atoms with Crippen LogP contribution in [0.1, 0.15) is 26.2 Å². The van der Waals surface area contributed by atoms with Gasteiger partial charge in [-0.15, -0.1) is 0 Å². The normalized spacial score (nSPS) is 10.6. The second-order valence-corrected chi connectivity index (χ2v) is 3.11. The Hall–Kier alpha value is -1.24. The Bertz CT molecular complexity index is 251. The van der Waals surface area contributed by atoms with Crippen LogP contribution >= 0.6 is 0 Å². The van der Waals surface area contributed by atoms with Crippen molar-refractivity contribution >= 4 is 0 Å². The van der Waals surface area contributed by atoms with Crippen molar-refractivity contribution in [1.82, 2.24) is 0 Å². The highest BCUT2D eigenvalue weighted by Crippen LogP contribution is 2.08. The van der Waals surface area contributed by atoms with E-state index in [-0.39, 0.29) is 0 Å². The molecule has 0 aromatic heterocycles. The first-order valence-electron chi connectivity index (χ1n) is 5.17. The molecule has 0 aliphatic carbocycles. The zero-order chi connectivity index (χ0) is 10.1. The van der Waals surface area contributed by atoms with Crippen molar-refractivity contribution in [1.29, 1.82) is 0 Å². The topological polar surface area (TPSA) is 9.23 Å². The summed E-state index contributed by atoms with van der Waals surface area (Å²) in [6, 6.07) is 10.6. The van der Waals surface area contributed by atoms with Gasteiger partial charge in [0, 0.05) is 0 Å². The maximum Gasteiger partial charge on any atom is 0.119 e. The summed E-state index contributed by atoms with van der Waals surface area (Å²) >= 11 is 0. The van der Waals surface area contributed by atoms with Crippen molar-refractivity contribution < 1.29 is 4.74 Å². The second kappa shape index (κ2) is 7.19. The number of ether oxygens (including phenoxy) is 1. The molecule has 0 N–H and O–H groups in total. The van der Waals surface area contributed by atoms with E-state index in [1.165, 1.54) is 0 Å². The summed E-state index contributed by atoms with van der Waals surface area (Å²) in [5, 5.41) is 0. The van der Waals surface area contributed by atoms with Gasteiger partial charge in [0.1, 0.15) is 5.75 Å². The zero-order valence-electron chi connectivity index (χ0n) is 8.70. The highest BCUT2D eigenvalue weighted by atomic mass is 16.5. The molecule has 0 heterocycles. The van der Waals surface area contributed by atoms with Gasteiger partial charge in [-0.05, 0) is 37.5 Å². The van der Waals surface area contributed by atoms with E-state index in [0.29, 0.717) is 0 Å². The smallest absolute Gasteiger partial charge is 0.119 e. The molecular formula is C13H17O. The first-order valence-corrected chi connectivity index (χ1v) is 5.17. The van der Waals surface area contributed by atoms with E-state index in [2.05, 4.69) is 25.1 Å². The molecule has 0 spiro atoms. The van der Waals surface area contributed by atoms with Crippen LogP contribution < -0.4 is 4.74 Å². The Labute approximate surface area is 86.4 Å². The summed E-state index contributed by atoms with van der Waals surface area (Å²) < 4.78 is 5.52. The average Bonchev–Trinajstić information content (AvgIpc) is 2.25. The lowest BCUT2D eigenvalue weighted by atomic mass is 10.3. The van der Waals surface area contributed by atoms with E-state index in [4.69, 9.17) is 4.74 Å². The third kappa shape index (κ3) is 4.70. The van der Waals surface area contributed by atoms with Crippen LogP contribution in [0.25, 0.3) is 0 Å². The molecule has 0 atom stereocenters. The summed E-state index contributed by atoms with van der Waals surface area (Å²) in [6.07, 6.45) is 7.70. The second-order valence-electron chi connectivity index (χ2n) is 3.11. The van der Waals surface area contributed by atoms with E-state index in [0.717, 1.165) is 31.6 Å². The van der Waals surface area contributed by atoms with Gasteiger partial charge in [0.15, 0.2) is 0 Å². The van der Waals surface area contributed by atoms with Crippen molar-refractivity contribution in [2.75, 3.05) is 6.61 Å². The molecule has 1 rings (SSSR count). The molecule has 0 bridgehead atoms. The molecule has 1 aromatic carbocycles. The van der Waals surface area contributed by atoms with Crippen LogP contribution in [0.2, 0.25) is 0 Å². The summed E-state index contributed by atoms with van der Waals surface area (Å²) in [7, 11) is 0. The van der Waals surface area contributed by atoms with Crippen molar-refractivity contribution in [3.8, 4) is 5.75 Å². The number of rotatable bonds is 6. The van der Waals surface area contributed by atoms with Crippen molar-refractivity contribution in [2.45, 2.75) is 26.2 Å². The van der Waals surface area contributed by atoms with Crippen LogP contribution in [0.5, 0.6) is 5.75 Å². The van der Waals surface area contributed by atoms with Crippen LogP contribution in [0, 0.1) is 6.07 Å². The zero-order valence-corrected chi connectivity index (χ0v) is 8.70. The molecule has 75 valence electrons. The fourth-order valence-corrected chi connectivity index (χ4v) is 1.14. The van der Waals surface area contributed by atoms with Gasteiger partial charge in [0.25, 0.3) is 0 Å². The number of benzene rings is 1. The first-order chi connectivity index (χ1) is 6.93. The third-order valence-electron chi connectivity index (χ3n) is 1.86. The lowest BCUT2D eigenvalue weighted by Crippen LogP contribution is -1.95. The fraction of sp³-hybridized carbons (Fsp3) is 0.385. The Balaban J connectivity index is 2.07. The third-order valence-corrected chi connectivity index (χ3v) is 1.86. The van der Waals surface area contributed by atoms with Gasteiger partial charge in [-0.1, -0.05) is 31.2 Å². The molecule has 1 aromatic rings. The molecule has 0 amide bonds. The molecule has 0 saturated carbocycles. The van der Waals surface area contributed by atoms with Crippen LogP contribution in [0.4, 0.5) is 0 Å². The molecule has 14 heavy (non-hydrogen) atoms. The monoisotopic (exact) mass is 189 g/mol. The van der Waals surface area contributed by atoms with Crippen LogP contribution in [-0.4, -0.2) is 6.61 Å². The minimum absolute atomic E-state index is 0.784. The summed E-state index contributed by atoms with van der Waals surface area (Å²) in [5.41, 5.74) is 0. The first kappa shape index (κ1) is 10.8. The van der Waals surface area contributed by atoms with Gasteiger partial charge in [0.2, 0.25) is 0 Å². The molecule has 0 saturated heterocycles. The van der Waals surface area contributed by atoms with Gasteiger partial charge in [0.05, 0.1) is 6.61 Å². The number of unbranched alkanes of at least 4 members (excludes halogenated alkanes) is 1. The van der Waals surface area contributed by atoms with Crippen LogP contribution in [0.3, 0.4) is 0 Å². The summed E-state index contributed by atoms with van der Waals surface area (Å²) in [5.74, 6) is 0.909. The minimum Gasteiger partial charge on any atom is -0.494 e. The molecule has 0 fully saturated rings. The fourth-order valence-electron chi connectivity index (χ4n) is 1.14. The predicted octanol–water partition coefficient (Wildman–Crippen LogP) is 3.61. The molecule has 0 aliphatic heterocycles. The Morgan fingerprint density at radius 3 is 3.07 bits per heavy atom. The van der Waals surface area contributed by atoms with E-state index >= 15 is 0 Å². The van der Waals surface area contributed by atoms with Gasteiger partial charge < -0.3 is 4.74 Å². The Morgan fingerprint density at radius 2 is 2.36 bits per heavy atom. The molecular weight excluding hydrogens is 172 g/mol. The van der Waals surface area contributed by atoms with E-state index < -0.39 is 0 Å². The Kier molecular flexibility index (Phi) is 5.57. The SMILES string of the molecule is CCC=CCCCOc1c[c]ccc1. The van der Waals surface area contributed by atoms with Gasteiger partial charge >= 0.3 is 0 Å². The molecule has 1 heteroatoms. The molecule has 0 unspecified atom stereocenters. The number of hydrogen-bond donors (Lipinski definition) is 0. The lowest BCUT2D eigenvalue weighted by molar-refractivity contribution is 0.312.